The summed E-state index contributed by atoms with van der Waals surface area (Å²) in [5.41, 5.74) is 5.28. The topological polar surface area (TPSA) is 180 Å². The maximum Gasteiger partial charge on any atom is 0.254 e. The van der Waals surface area contributed by atoms with E-state index in [1.165, 1.54) is 22.5 Å². The SMILES string of the molecule is COc1ccc2c(O[C@@H]3C[C@H]4C(=O)C[C@]5(C(=O)NS(=O)(=O)C6(C)CC6)C[C@@H]5/C=C\CCCCC[C@H](Nc5cccc(C(=O)N6CCN(C(c7ccccc7)c7ccccc7)CC6)c5)C(=O)N4C3)cc(-c3nc(C(C)C)cs3)nc2c1C. The highest BCUT2D eigenvalue weighted by Gasteiger charge is 2.62. The van der Waals surface area contributed by atoms with Gasteiger partial charge in [0.2, 0.25) is 21.8 Å². The summed E-state index contributed by atoms with van der Waals surface area (Å²) >= 11 is 1.50. The maximum atomic E-state index is 15.6. The van der Waals surface area contributed by atoms with Crippen LogP contribution in [-0.2, 0) is 24.4 Å². The van der Waals surface area contributed by atoms with Crippen LogP contribution in [0.2, 0.25) is 0 Å². The van der Waals surface area contributed by atoms with Gasteiger partial charge in [0.15, 0.2) is 5.78 Å². The number of amides is 3. The lowest BCUT2D eigenvalue weighted by Gasteiger charge is -2.40. The highest BCUT2D eigenvalue weighted by Crippen LogP contribution is 2.58. The molecule has 5 heterocycles. The van der Waals surface area contributed by atoms with E-state index in [-0.39, 0.29) is 54.9 Å². The molecule has 3 aliphatic heterocycles. The molecule has 4 aromatic carbocycles. The Bertz CT molecular complexity index is 3430. The number of aryl methyl sites for hydroxylation is 1. The van der Waals surface area contributed by atoms with Gasteiger partial charge in [-0.05, 0) is 106 Å². The number of nitrogens with zero attached hydrogens (tertiary/aromatic N) is 5. The van der Waals surface area contributed by atoms with E-state index in [0.717, 1.165) is 40.9 Å². The summed E-state index contributed by atoms with van der Waals surface area (Å²) in [4.78, 5) is 75.6. The van der Waals surface area contributed by atoms with Crippen molar-refractivity contribution in [3.63, 3.8) is 0 Å². The third kappa shape index (κ3) is 11.6. The first-order chi connectivity index (χ1) is 39.0. The van der Waals surface area contributed by atoms with E-state index in [4.69, 9.17) is 19.4 Å². The fourth-order valence-electron chi connectivity index (χ4n) is 12.1. The van der Waals surface area contributed by atoms with Gasteiger partial charge in [-0.25, -0.2) is 18.4 Å². The quantitative estimate of drug-likeness (QED) is 0.0987. The van der Waals surface area contributed by atoms with E-state index < -0.39 is 44.3 Å². The zero-order chi connectivity index (χ0) is 56.6. The van der Waals surface area contributed by atoms with Crippen molar-refractivity contribution >= 4 is 61.5 Å². The van der Waals surface area contributed by atoms with Gasteiger partial charge in [-0.15, -0.1) is 11.3 Å². The van der Waals surface area contributed by atoms with Crippen LogP contribution >= 0.6 is 11.3 Å². The summed E-state index contributed by atoms with van der Waals surface area (Å²) in [6.45, 7) is 10.3. The van der Waals surface area contributed by atoms with E-state index in [2.05, 4.69) is 77.3 Å². The van der Waals surface area contributed by atoms with Crippen LogP contribution in [0.3, 0.4) is 0 Å². The lowest BCUT2D eigenvalue weighted by molar-refractivity contribution is -0.139. The number of pyridine rings is 1. The minimum Gasteiger partial charge on any atom is -0.496 e. The zero-order valence-corrected chi connectivity index (χ0v) is 48.6. The van der Waals surface area contributed by atoms with Crippen LogP contribution in [-0.4, -0.2) is 119 Å². The van der Waals surface area contributed by atoms with Crippen LogP contribution in [0, 0.1) is 18.3 Å². The molecule has 2 aromatic heterocycles. The lowest BCUT2D eigenvalue weighted by Crippen LogP contribution is -2.50. The minimum atomic E-state index is -4.00. The molecule has 2 aliphatic carbocycles. The van der Waals surface area contributed by atoms with Gasteiger partial charge in [-0.2, -0.15) is 0 Å². The Kier molecular flexibility index (Phi) is 16.0. The number of aromatic nitrogens is 2. The number of carbonyl (C=O) groups is 4. The number of hydrogen-bond donors (Lipinski definition) is 2. The third-order valence-corrected chi connectivity index (χ3v) is 20.5. The number of Topliss-reactive ketones (excluding diaryl/α,β-unsaturated/α-hetero) is 1. The van der Waals surface area contributed by atoms with Gasteiger partial charge in [0.25, 0.3) is 5.91 Å². The van der Waals surface area contributed by atoms with Crippen molar-refractivity contribution in [1.82, 2.24) is 29.4 Å². The van der Waals surface area contributed by atoms with Crippen molar-refractivity contribution in [3.8, 4) is 22.2 Å². The second-order valence-corrected chi connectivity index (χ2v) is 26.5. The number of anilines is 1. The Morgan fingerprint density at radius 3 is 2.26 bits per heavy atom. The number of hydrogen-bond acceptors (Lipinski definition) is 13. The highest BCUT2D eigenvalue weighted by molar-refractivity contribution is 7.91. The first kappa shape index (κ1) is 55.9. The molecule has 0 radical (unpaired) electrons. The predicted octanol–water partition coefficient (Wildman–Crippen LogP) is 10.7. The zero-order valence-electron chi connectivity index (χ0n) is 46.9. The van der Waals surface area contributed by atoms with E-state index in [1.807, 2.05) is 84.0 Å². The minimum absolute atomic E-state index is 0.0536. The normalized spacial score (nSPS) is 23.7. The number of rotatable bonds is 14. The molecule has 5 aliphatic rings. The van der Waals surface area contributed by atoms with Crippen LogP contribution in [0.25, 0.3) is 21.6 Å². The van der Waals surface area contributed by atoms with Crippen molar-refractivity contribution in [2.45, 2.75) is 127 Å². The molecule has 2 saturated carbocycles. The number of nitrogens with one attached hydrogen (secondary N) is 2. The number of fused-ring (bicyclic) bond motifs is 3. The fourth-order valence-corrected chi connectivity index (χ4v) is 14.4. The Balaban J connectivity index is 0.880. The van der Waals surface area contributed by atoms with Crippen LogP contribution in [0.15, 0.2) is 121 Å². The molecule has 5 atom stereocenters. The number of allylic oxidation sites excluding steroid dienone is 2. The van der Waals surface area contributed by atoms with Gasteiger partial charge in [0.1, 0.15) is 34.3 Å². The first-order valence-electron chi connectivity index (χ1n) is 28.7. The molecule has 11 rings (SSSR count). The van der Waals surface area contributed by atoms with E-state index in [9.17, 15) is 18.0 Å². The summed E-state index contributed by atoms with van der Waals surface area (Å²) in [5, 5.41) is 7.04. The van der Waals surface area contributed by atoms with Gasteiger partial charge >= 0.3 is 0 Å². The molecule has 4 fully saturated rings. The maximum absolute atomic E-state index is 15.6. The van der Waals surface area contributed by atoms with Crippen LogP contribution in [0.1, 0.15) is 130 Å². The number of carbonyl (C=O) groups excluding carboxylic acids is 4. The van der Waals surface area contributed by atoms with Crippen molar-refractivity contribution in [1.29, 1.82) is 0 Å². The second-order valence-electron chi connectivity index (χ2n) is 23.4. The van der Waals surface area contributed by atoms with Gasteiger partial charge in [-0.1, -0.05) is 106 Å². The molecule has 424 valence electrons. The predicted molar refractivity (Wildman–Crippen MR) is 316 cm³/mol. The Hall–Kier alpha value is -6.95. The number of thiazole rings is 1. The monoisotopic (exact) mass is 1130 g/mol. The highest BCUT2D eigenvalue weighted by atomic mass is 32.2. The summed E-state index contributed by atoms with van der Waals surface area (Å²) in [6.07, 6.45) is 7.98. The summed E-state index contributed by atoms with van der Waals surface area (Å²) < 4.78 is 41.2. The average Bonchev–Trinajstić information content (AvgIpc) is 4.35. The molecule has 0 spiro atoms. The largest absolute Gasteiger partial charge is 0.496 e. The molecule has 6 aromatic rings. The molecule has 3 amide bonds. The molecular formula is C64H73N7O8S2. The number of benzene rings is 4. The van der Waals surface area contributed by atoms with Crippen LogP contribution < -0.4 is 19.5 Å². The molecule has 15 nitrogen and oxygen atoms in total. The summed E-state index contributed by atoms with van der Waals surface area (Å²) in [7, 11) is -2.38. The van der Waals surface area contributed by atoms with Gasteiger partial charge in [-0.3, -0.25) is 28.8 Å². The molecule has 17 heteroatoms. The van der Waals surface area contributed by atoms with Crippen LogP contribution in [0.4, 0.5) is 5.69 Å². The van der Waals surface area contributed by atoms with E-state index in [0.29, 0.717) is 92.2 Å². The number of ether oxygens (including phenoxy) is 2. The van der Waals surface area contributed by atoms with Crippen molar-refractivity contribution in [2.24, 2.45) is 11.3 Å². The molecule has 0 bridgehead atoms. The Morgan fingerprint density at radius 1 is 0.852 bits per heavy atom. The van der Waals surface area contributed by atoms with Gasteiger partial charge < -0.3 is 24.6 Å². The second kappa shape index (κ2) is 23.1. The Morgan fingerprint density at radius 2 is 1.58 bits per heavy atom. The summed E-state index contributed by atoms with van der Waals surface area (Å²) in [6, 6.07) is 32.2. The van der Waals surface area contributed by atoms with Crippen LogP contribution in [0.5, 0.6) is 11.5 Å². The Labute approximate surface area is 479 Å². The molecule has 2 N–H and O–H groups in total. The molecule has 2 saturated heterocycles. The molecule has 0 unspecified atom stereocenters. The van der Waals surface area contributed by atoms with E-state index in [1.54, 1.807) is 18.9 Å². The smallest absolute Gasteiger partial charge is 0.254 e. The van der Waals surface area contributed by atoms with Crippen molar-refractivity contribution < 1.29 is 37.1 Å². The lowest BCUT2D eigenvalue weighted by atomic mass is 9.91. The first-order valence-corrected chi connectivity index (χ1v) is 31.1. The van der Waals surface area contributed by atoms with E-state index >= 15 is 9.59 Å². The number of sulfonamides is 1. The standard InChI is InChI=1S/C64H73N7O8S2/c1-41(2)52-40-80-59(67-52)51-36-56(49-26-27-55(78-5)42(3)57(49)66-51)79-48-35-53-54(72)38-64(62(75)68-81(76,77)63(4)28-29-63)37-46(64)23-15-7-6-8-16-25-50(61(74)71(53)39-48)65-47-24-17-22-45(34-47)60(73)70-32-30-69(31-33-70)58(43-18-11-9-12-19-43)44-20-13-10-14-21-44/h9-15,17-24,26-27,34,36,40-41,46,48,50,53,58,65H,6-8,16,25,28-33,35,37-39H2,1-5H3,(H,68,75)/b23-15-/t46-,48+,50-,53-,64+/m0/s1. The number of piperazine rings is 1. The molecular weight excluding hydrogens is 1060 g/mol. The summed E-state index contributed by atoms with van der Waals surface area (Å²) in [5.74, 6) is -0.349. The molecule has 81 heavy (non-hydrogen) atoms. The number of methoxy groups -OCH3 is 1. The van der Waals surface area contributed by atoms with Gasteiger partial charge in [0, 0.05) is 72.7 Å². The fraction of sp³-hybridized carbons (Fsp3) is 0.438. The van der Waals surface area contributed by atoms with Gasteiger partial charge in [0.05, 0.1) is 47.1 Å². The average molecular weight is 1130 g/mol. The van der Waals surface area contributed by atoms with Crippen molar-refractivity contribution in [3.05, 3.63) is 149 Å². The van der Waals surface area contributed by atoms with Crippen molar-refractivity contribution in [2.75, 3.05) is 45.2 Å². The number of ketones is 1. The third-order valence-electron chi connectivity index (χ3n) is 17.5.